The normalized spacial score (nSPS) is 10.7. The van der Waals surface area contributed by atoms with Gasteiger partial charge in [0, 0.05) is 20.6 Å². The molecule has 0 fully saturated rings. The fourth-order valence-corrected chi connectivity index (χ4v) is 2.47. The molecule has 0 aliphatic heterocycles. The monoisotopic (exact) mass is 322 g/mol. The summed E-state index contributed by atoms with van der Waals surface area (Å²) < 4.78 is 0. The first-order valence-corrected chi connectivity index (χ1v) is 9.06. The quantitative estimate of drug-likeness (QED) is 0.537. The third-order valence-electron chi connectivity index (χ3n) is 3.85. The molecular weight excluding hydrogens is 288 g/mol. The van der Waals surface area contributed by atoms with Gasteiger partial charge >= 0.3 is 0 Å². The SMILES string of the molecule is CCCCCCCCCCCCNc1nc(N)nc(N(C)C)n1. The van der Waals surface area contributed by atoms with Crippen molar-refractivity contribution in [1.82, 2.24) is 15.0 Å². The van der Waals surface area contributed by atoms with Gasteiger partial charge in [-0.05, 0) is 6.42 Å². The van der Waals surface area contributed by atoms with E-state index in [4.69, 9.17) is 5.73 Å². The third-order valence-corrected chi connectivity index (χ3v) is 3.85. The van der Waals surface area contributed by atoms with Crippen molar-refractivity contribution in [2.45, 2.75) is 71.1 Å². The van der Waals surface area contributed by atoms with E-state index in [2.05, 4.69) is 27.2 Å². The Balaban J connectivity index is 2.05. The van der Waals surface area contributed by atoms with E-state index in [9.17, 15) is 0 Å². The van der Waals surface area contributed by atoms with Gasteiger partial charge in [0.25, 0.3) is 0 Å². The highest BCUT2D eigenvalue weighted by atomic mass is 15.3. The summed E-state index contributed by atoms with van der Waals surface area (Å²) in [7, 11) is 3.78. The minimum absolute atomic E-state index is 0.259. The van der Waals surface area contributed by atoms with Crippen molar-refractivity contribution in [2.24, 2.45) is 0 Å². The number of anilines is 3. The number of nitrogens with two attached hydrogens (primary N) is 1. The van der Waals surface area contributed by atoms with E-state index in [1.807, 2.05) is 19.0 Å². The van der Waals surface area contributed by atoms with E-state index in [0.29, 0.717) is 11.9 Å². The van der Waals surface area contributed by atoms with Gasteiger partial charge in [-0.3, -0.25) is 0 Å². The first-order valence-electron chi connectivity index (χ1n) is 9.06. The molecule has 0 saturated heterocycles. The Morgan fingerprint density at radius 1 is 0.826 bits per heavy atom. The van der Waals surface area contributed by atoms with Crippen molar-refractivity contribution in [3.63, 3.8) is 0 Å². The number of nitrogens with zero attached hydrogens (tertiary/aromatic N) is 4. The maximum Gasteiger partial charge on any atom is 0.231 e. The Kier molecular flexibility index (Phi) is 10.1. The van der Waals surface area contributed by atoms with Crippen molar-refractivity contribution in [3.05, 3.63) is 0 Å². The number of hydrogen-bond acceptors (Lipinski definition) is 6. The molecule has 0 amide bonds. The number of nitrogen functional groups attached to an aromatic ring is 1. The summed E-state index contributed by atoms with van der Waals surface area (Å²) in [5.74, 6) is 1.41. The number of rotatable bonds is 13. The molecule has 0 aromatic carbocycles. The van der Waals surface area contributed by atoms with Crippen LogP contribution in [-0.2, 0) is 0 Å². The zero-order chi connectivity index (χ0) is 16.9. The Bertz CT molecular complexity index is 422. The highest BCUT2D eigenvalue weighted by Crippen LogP contribution is 2.11. The molecule has 0 unspecified atom stereocenters. The van der Waals surface area contributed by atoms with E-state index in [-0.39, 0.29) is 5.95 Å². The Morgan fingerprint density at radius 3 is 1.96 bits per heavy atom. The van der Waals surface area contributed by atoms with Gasteiger partial charge in [0.05, 0.1) is 0 Å². The van der Waals surface area contributed by atoms with Crippen molar-refractivity contribution in [2.75, 3.05) is 36.6 Å². The van der Waals surface area contributed by atoms with Gasteiger partial charge in [-0.2, -0.15) is 15.0 Å². The third kappa shape index (κ3) is 9.21. The number of unbranched alkanes of at least 4 members (excludes halogenated alkanes) is 9. The highest BCUT2D eigenvalue weighted by Gasteiger charge is 2.05. The first kappa shape index (κ1) is 19.5. The van der Waals surface area contributed by atoms with Gasteiger partial charge in [-0.25, -0.2) is 0 Å². The lowest BCUT2D eigenvalue weighted by atomic mass is 10.1. The van der Waals surface area contributed by atoms with Crippen LogP contribution in [0.2, 0.25) is 0 Å². The van der Waals surface area contributed by atoms with Crippen molar-refractivity contribution in [1.29, 1.82) is 0 Å². The minimum atomic E-state index is 0.259. The summed E-state index contributed by atoms with van der Waals surface area (Å²) in [6.07, 6.45) is 13.4. The fourth-order valence-electron chi connectivity index (χ4n) is 2.47. The molecule has 1 aromatic heterocycles. The van der Waals surface area contributed by atoms with Crippen molar-refractivity contribution < 1.29 is 0 Å². The van der Waals surface area contributed by atoms with Crippen LogP contribution in [0.25, 0.3) is 0 Å². The zero-order valence-corrected chi connectivity index (χ0v) is 15.1. The molecule has 0 spiro atoms. The Hall–Kier alpha value is -1.59. The van der Waals surface area contributed by atoms with Crippen LogP contribution >= 0.6 is 0 Å². The molecule has 6 heteroatoms. The smallest absolute Gasteiger partial charge is 0.231 e. The molecule has 0 atom stereocenters. The van der Waals surface area contributed by atoms with Gasteiger partial charge in [0.1, 0.15) is 0 Å². The van der Waals surface area contributed by atoms with E-state index >= 15 is 0 Å². The average molecular weight is 323 g/mol. The van der Waals surface area contributed by atoms with Crippen molar-refractivity contribution in [3.8, 4) is 0 Å². The number of hydrogen-bond donors (Lipinski definition) is 2. The van der Waals surface area contributed by atoms with E-state index in [1.165, 1.54) is 57.8 Å². The summed E-state index contributed by atoms with van der Waals surface area (Å²) in [6, 6.07) is 0. The van der Waals surface area contributed by atoms with E-state index in [0.717, 1.165) is 13.0 Å². The summed E-state index contributed by atoms with van der Waals surface area (Å²) >= 11 is 0. The topological polar surface area (TPSA) is 80.0 Å². The lowest BCUT2D eigenvalue weighted by molar-refractivity contribution is 0.559. The van der Waals surface area contributed by atoms with Crippen LogP contribution in [0.5, 0.6) is 0 Å². The van der Waals surface area contributed by atoms with Crippen LogP contribution in [0.4, 0.5) is 17.8 Å². The molecule has 0 bridgehead atoms. The summed E-state index contributed by atoms with van der Waals surface area (Å²) in [6.45, 7) is 3.15. The predicted molar refractivity (Wildman–Crippen MR) is 98.9 cm³/mol. The lowest BCUT2D eigenvalue weighted by Crippen LogP contribution is -2.16. The Morgan fingerprint density at radius 2 is 1.39 bits per heavy atom. The molecule has 0 aliphatic carbocycles. The number of nitrogens with one attached hydrogen (secondary N) is 1. The van der Waals surface area contributed by atoms with E-state index in [1.54, 1.807) is 0 Å². The molecular formula is C17H34N6. The van der Waals surface area contributed by atoms with Crippen molar-refractivity contribution >= 4 is 17.8 Å². The van der Waals surface area contributed by atoms with Crippen LogP contribution in [0.15, 0.2) is 0 Å². The van der Waals surface area contributed by atoms with E-state index < -0.39 is 0 Å². The van der Waals surface area contributed by atoms with Crippen LogP contribution in [0, 0.1) is 0 Å². The van der Waals surface area contributed by atoms with Gasteiger partial charge in [0.15, 0.2) is 0 Å². The maximum absolute atomic E-state index is 5.70. The molecule has 6 nitrogen and oxygen atoms in total. The first-order chi connectivity index (χ1) is 11.1. The fraction of sp³-hybridized carbons (Fsp3) is 0.824. The number of aromatic nitrogens is 3. The summed E-state index contributed by atoms with van der Waals surface area (Å²) in [4.78, 5) is 14.3. The van der Waals surface area contributed by atoms with Crippen LogP contribution < -0.4 is 16.0 Å². The lowest BCUT2D eigenvalue weighted by Gasteiger charge is -2.12. The molecule has 0 radical (unpaired) electrons. The summed E-state index contributed by atoms with van der Waals surface area (Å²) in [5, 5.41) is 3.24. The second-order valence-corrected chi connectivity index (χ2v) is 6.32. The second kappa shape index (κ2) is 11.9. The molecule has 23 heavy (non-hydrogen) atoms. The molecule has 1 rings (SSSR count). The molecule has 1 heterocycles. The zero-order valence-electron chi connectivity index (χ0n) is 15.1. The molecule has 132 valence electrons. The van der Waals surface area contributed by atoms with Gasteiger partial charge in [-0.1, -0.05) is 64.7 Å². The van der Waals surface area contributed by atoms with Gasteiger partial charge in [-0.15, -0.1) is 0 Å². The maximum atomic E-state index is 5.70. The van der Waals surface area contributed by atoms with Gasteiger partial charge < -0.3 is 16.0 Å². The molecule has 0 aliphatic rings. The summed E-state index contributed by atoms with van der Waals surface area (Å²) in [5.41, 5.74) is 5.70. The van der Waals surface area contributed by atoms with Crippen LogP contribution in [0.1, 0.15) is 71.1 Å². The second-order valence-electron chi connectivity index (χ2n) is 6.32. The van der Waals surface area contributed by atoms with Crippen LogP contribution in [0.3, 0.4) is 0 Å². The molecule has 3 N–H and O–H groups in total. The standard InChI is InChI=1S/C17H34N6/c1-4-5-6-7-8-9-10-11-12-13-14-19-16-20-15(18)21-17(22-16)23(2)3/h4-14H2,1-3H3,(H3,18,19,20,21,22). The minimum Gasteiger partial charge on any atom is -0.368 e. The average Bonchev–Trinajstić information content (AvgIpc) is 2.52. The van der Waals surface area contributed by atoms with Crippen LogP contribution in [-0.4, -0.2) is 35.6 Å². The van der Waals surface area contributed by atoms with Gasteiger partial charge in [0.2, 0.25) is 17.8 Å². The predicted octanol–water partition coefficient (Wildman–Crippen LogP) is 3.85. The highest BCUT2D eigenvalue weighted by molar-refractivity contribution is 5.40. The molecule has 1 aromatic rings. The Labute approximate surface area is 141 Å². The largest absolute Gasteiger partial charge is 0.368 e. The molecule has 0 saturated carbocycles.